The Labute approximate surface area is 108 Å². The molecule has 0 aromatic carbocycles. The van der Waals surface area contributed by atoms with Gasteiger partial charge in [-0.1, -0.05) is 0 Å². The van der Waals surface area contributed by atoms with Gasteiger partial charge < -0.3 is 15.5 Å². The molecule has 102 valence electrons. The van der Waals surface area contributed by atoms with Gasteiger partial charge in [-0.2, -0.15) is 0 Å². The number of carbonyl (C=O) groups excluding carboxylic acids is 2. The van der Waals surface area contributed by atoms with Crippen molar-refractivity contribution in [2.24, 2.45) is 5.92 Å². The molecule has 0 aliphatic carbocycles. The predicted octanol–water partition coefficient (Wildman–Crippen LogP) is 0.112. The van der Waals surface area contributed by atoms with E-state index in [2.05, 4.69) is 17.6 Å². The zero-order valence-electron chi connectivity index (χ0n) is 11.2. The minimum absolute atomic E-state index is 0.0116. The van der Waals surface area contributed by atoms with E-state index < -0.39 is 0 Å². The summed E-state index contributed by atoms with van der Waals surface area (Å²) in [7, 11) is 0. The first-order valence-corrected chi connectivity index (χ1v) is 6.85. The summed E-state index contributed by atoms with van der Waals surface area (Å²) < 4.78 is 0. The highest BCUT2D eigenvalue weighted by Crippen LogP contribution is 2.19. The first kappa shape index (κ1) is 13.3. The number of carbonyl (C=O) groups is 2. The van der Waals surface area contributed by atoms with Gasteiger partial charge in [0.1, 0.15) is 0 Å². The molecule has 2 heterocycles. The molecule has 2 amide bonds. The highest BCUT2D eigenvalue weighted by Gasteiger charge is 2.32. The summed E-state index contributed by atoms with van der Waals surface area (Å²) in [4.78, 5) is 25.2. The van der Waals surface area contributed by atoms with E-state index in [1.807, 2.05) is 4.90 Å². The van der Waals surface area contributed by atoms with Crippen molar-refractivity contribution in [2.75, 3.05) is 19.6 Å². The van der Waals surface area contributed by atoms with Crippen LogP contribution in [-0.2, 0) is 9.59 Å². The molecule has 2 saturated heterocycles. The van der Waals surface area contributed by atoms with Gasteiger partial charge in [0.15, 0.2) is 0 Å². The first-order chi connectivity index (χ1) is 8.56. The minimum Gasteiger partial charge on any atom is -0.352 e. The molecule has 2 aliphatic rings. The molecule has 2 rings (SSSR count). The normalized spacial score (nSPS) is 32.3. The van der Waals surface area contributed by atoms with Crippen LogP contribution in [0.15, 0.2) is 0 Å². The largest absolute Gasteiger partial charge is 0.352 e. The van der Waals surface area contributed by atoms with Crippen LogP contribution in [-0.4, -0.2) is 48.4 Å². The molecule has 0 bridgehead atoms. The lowest BCUT2D eigenvalue weighted by Crippen LogP contribution is -2.46. The Morgan fingerprint density at radius 1 is 1.28 bits per heavy atom. The zero-order chi connectivity index (χ0) is 13.1. The number of rotatable bonds is 2. The lowest BCUT2D eigenvalue weighted by Gasteiger charge is -2.30. The molecule has 3 atom stereocenters. The Kier molecular flexibility index (Phi) is 4.22. The average Bonchev–Trinajstić information content (AvgIpc) is 2.76. The maximum absolute atomic E-state index is 12.3. The molecule has 2 fully saturated rings. The molecule has 0 radical (unpaired) electrons. The molecule has 0 aromatic heterocycles. The molecular formula is C13H23N3O2. The van der Waals surface area contributed by atoms with Crippen molar-refractivity contribution >= 4 is 11.8 Å². The summed E-state index contributed by atoms with van der Waals surface area (Å²) in [5.41, 5.74) is 0. The van der Waals surface area contributed by atoms with Crippen LogP contribution in [0.4, 0.5) is 0 Å². The molecule has 3 unspecified atom stereocenters. The second kappa shape index (κ2) is 5.69. The summed E-state index contributed by atoms with van der Waals surface area (Å²) in [6.07, 6.45) is 2.93. The summed E-state index contributed by atoms with van der Waals surface area (Å²) >= 11 is 0. The van der Waals surface area contributed by atoms with Gasteiger partial charge in [-0.25, -0.2) is 0 Å². The van der Waals surface area contributed by atoms with Crippen molar-refractivity contribution in [1.82, 2.24) is 15.5 Å². The molecule has 2 aliphatic heterocycles. The van der Waals surface area contributed by atoms with Gasteiger partial charge >= 0.3 is 0 Å². The molecule has 0 aromatic rings. The van der Waals surface area contributed by atoms with Crippen molar-refractivity contribution < 1.29 is 9.59 Å². The second-order valence-electron chi connectivity index (χ2n) is 5.55. The molecular weight excluding hydrogens is 230 g/mol. The molecule has 0 saturated carbocycles. The fourth-order valence-corrected chi connectivity index (χ4v) is 2.83. The maximum Gasteiger partial charge on any atom is 0.227 e. The van der Waals surface area contributed by atoms with E-state index in [-0.39, 0.29) is 23.8 Å². The maximum atomic E-state index is 12.3. The lowest BCUT2D eigenvalue weighted by atomic mass is 9.94. The van der Waals surface area contributed by atoms with Crippen LogP contribution in [0, 0.1) is 5.92 Å². The number of hydrogen-bond acceptors (Lipinski definition) is 3. The fraction of sp³-hybridized carbons (Fsp3) is 0.846. The molecule has 2 N–H and O–H groups in total. The number of nitrogens with zero attached hydrogens (tertiary/aromatic N) is 1. The lowest BCUT2D eigenvalue weighted by molar-refractivity contribution is -0.135. The van der Waals surface area contributed by atoms with Crippen molar-refractivity contribution in [3.63, 3.8) is 0 Å². The standard InChI is InChI=1S/C13H23N3O2/c1-9-3-4-11(7-14-9)13(18)16-6-5-12(8-16)15-10(2)17/h9,11-12,14H,3-8H2,1-2H3,(H,15,17). The fourth-order valence-electron chi connectivity index (χ4n) is 2.83. The van der Waals surface area contributed by atoms with E-state index in [0.717, 1.165) is 32.4 Å². The molecule has 0 spiro atoms. The molecule has 5 heteroatoms. The first-order valence-electron chi connectivity index (χ1n) is 6.85. The van der Waals surface area contributed by atoms with Crippen LogP contribution in [0.2, 0.25) is 0 Å². The minimum atomic E-state index is -0.0116. The van der Waals surface area contributed by atoms with Gasteiger partial charge in [-0.15, -0.1) is 0 Å². The Morgan fingerprint density at radius 2 is 2.06 bits per heavy atom. The van der Waals surface area contributed by atoms with E-state index in [4.69, 9.17) is 0 Å². The van der Waals surface area contributed by atoms with Crippen molar-refractivity contribution in [1.29, 1.82) is 0 Å². The Morgan fingerprint density at radius 3 is 2.67 bits per heavy atom. The van der Waals surface area contributed by atoms with Crippen molar-refractivity contribution in [3.8, 4) is 0 Å². The highest BCUT2D eigenvalue weighted by molar-refractivity contribution is 5.80. The van der Waals surface area contributed by atoms with E-state index in [1.165, 1.54) is 6.92 Å². The second-order valence-corrected chi connectivity index (χ2v) is 5.55. The Balaban J connectivity index is 1.82. The number of hydrogen-bond donors (Lipinski definition) is 2. The number of piperidine rings is 1. The van der Waals surface area contributed by atoms with Crippen LogP contribution in [0.5, 0.6) is 0 Å². The number of nitrogens with one attached hydrogen (secondary N) is 2. The van der Waals surface area contributed by atoms with Crippen LogP contribution < -0.4 is 10.6 Å². The quantitative estimate of drug-likeness (QED) is 0.734. The van der Waals surface area contributed by atoms with Gasteiger partial charge in [0, 0.05) is 38.6 Å². The number of amides is 2. The monoisotopic (exact) mass is 253 g/mol. The third-order valence-electron chi connectivity index (χ3n) is 3.92. The van der Waals surface area contributed by atoms with Crippen molar-refractivity contribution in [3.05, 3.63) is 0 Å². The topological polar surface area (TPSA) is 61.4 Å². The van der Waals surface area contributed by atoms with Gasteiger partial charge in [-0.3, -0.25) is 9.59 Å². The van der Waals surface area contributed by atoms with Crippen LogP contribution in [0.1, 0.15) is 33.1 Å². The van der Waals surface area contributed by atoms with E-state index in [1.54, 1.807) is 0 Å². The van der Waals surface area contributed by atoms with Gasteiger partial charge in [0.25, 0.3) is 0 Å². The van der Waals surface area contributed by atoms with Crippen LogP contribution >= 0.6 is 0 Å². The summed E-state index contributed by atoms with van der Waals surface area (Å²) in [6.45, 7) is 5.92. The zero-order valence-corrected chi connectivity index (χ0v) is 11.2. The average molecular weight is 253 g/mol. The van der Waals surface area contributed by atoms with E-state index in [9.17, 15) is 9.59 Å². The summed E-state index contributed by atoms with van der Waals surface area (Å²) in [5, 5.41) is 6.25. The summed E-state index contributed by atoms with van der Waals surface area (Å²) in [6, 6.07) is 0.668. The third kappa shape index (κ3) is 3.22. The van der Waals surface area contributed by atoms with Gasteiger partial charge in [0.2, 0.25) is 11.8 Å². The van der Waals surface area contributed by atoms with Crippen LogP contribution in [0.3, 0.4) is 0 Å². The smallest absolute Gasteiger partial charge is 0.227 e. The molecule has 5 nitrogen and oxygen atoms in total. The summed E-state index contributed by atoms with van der Waals surface area (Å²) in [5.74, 6) is 0.363. The third-order valence-corrected chi connectivity index (χ3v) is 3.92. The van der Waals surface area contributed by atoms with Crippen LogP contribution in [0.25, 0.3) is 0 Å². The predicted molar refractivity (Wildman–Crippen MR) is 69.0 cm³/mol. The molecule has 18 heavy (non-hydrogen) atoms. The van der Waals surface area contributed by atoms with Gasteiger partial charge in [-0.05, 0) is 26.2 Å². The SMILES string of the molecule is CC(=O)NC1CCN(C(=O)C2CCC(C)NC2)C1. The Hall–Kier alpha value is -1.10. The van der Waals surface area contributed by atoms with Crippen molar-refractivity contribution in [2.45, 2.75) is 45.2 Å². The number of likely N-dealkylation sites (tertiary alicyclic amines) is 1. The van der Waals surface area contributed by atoms with E-state index >= 15 is 0 Å². The highest BCUT2D eigenvalue weighted by atomic mass is 16.2. The van der Waals surface area contributed by atoms with E-state index in [0.29, 0.717) is 12.6 Å². The Bertz CT molecular complexity index is 324. The van der Waals surface area contributed by atoms with Gasteiger partial charge in [0.05, 0.1) is 5.92 Å².